The number of carbonyl (C=O) groups excluding carboxylic acids is 2. The molecule has 1 N–H and O–H groups in total. The molecule has 0 radical (unpaired) electrons. The van der Waals surface area contributed by atoms with E-state index in [-0.39, 0.29) is 30.2 Å². The van der Waals surface area contributed by atoms with Gasteiger partial charge in [-0.25, -0.2) is 9.18 Å². The van der Waals surface area contributed by atoms with Gasteiger partial charge in [-0.1, -0.05) is 0 Å². The van der Waals surface area contributed by atoms with Crippen molar-refractivity contribution in [1.82, 2.24) is 25.0 Å². The lowest BCUT2D eigenvalue weighted by atomic mass is 9.98. The minimum absolute atomic E-state index is 0.00413. The molecule has 3 heterocycles. The maximum atomic E-state index is 13.6. The number of ether oxygens (including phenoxy) is 1. The van der Waals surface area contributed by atoms with E-state index in [1.54, 1.807) is 15.8 Å². The van der Waals surface area contributed by atoms with Gasteiger partial charge >= 0.3 is 6.09 Å². The molecule has 1 unspecified atom stereocenters. The van der Waals surface area contributed by atoms with Crippen molar-refractivity contribution in [2.24, 2.45) is 5.92 Å². The van der Waals surface area contributed by atoms with Crippen molar-refractivity contribution in [2.75, 3.05) is 13.1 Å². The fourth-order valence-electron chi connectivity index (χ4n) is 3.37. The lowest BCUT2D eigenvalue weighted by Gasteiger charge is -2.34. The van der Waals surface area contributed by atoms with Gasteiger partial charge in [0.25, 0.3) is 5.91 Å². The van der Waals surface area contributed by atoms with Crippen LogP contribution in [0.3, 0.4) is 0 Å². The van der Waals surface area contributed by atoms with Crippen LogP contribution >= 0.6 is 0 Å². The van der Waals surface area contributed by atoms with Crippen molar-refractivity contribution in [3.05, 3.63) is 47.8 Å². The molecule has 0 bridgehead atoms. The molecule has 9 heteroatoms. The molecule has 0 spiro atoms. The number of nitrogens with zero attached hydrogens (tertiary/aromatic N) is 4. The van der Waals surface area contributed by atoms with E-state index in [1.165, 1.54) is 24.5 Å². The molecule has 2 aromatic heterocycles. The van der Waals surface area contributed by atoms with Gasteiger partial charge in [0.2, 0.25) is 0 Å². The summed E-state index contributed by atoms with van der Waals surface area (Å²) in [6.07, 6.45) is 6.20. The van der Waals surface area contributed by atoms with Crippen LogP contribution in [0, 0.1) is 11.7 Å². The zero-order chi connectivity index (χ0) is 21.7. The molecule has 1 saturated heterocycles. The van der Waals surface area contributed by atoms with Crippen molar-refractivity contribution < 1.29 is 18.7 Å². The SMILES string of the molecule is CC(C)(C)OC(=O)N1CCCC(Cn2cc(C(=O)NCc3ncccc3F)cn2)C1. The highest BCUT2D eigenvalue weighted by Gasteiger charge is 2.28. The minimum Gasteiger partial charge on any atom is -0.444 e. The van der Waals surface area contributed by atoms with E-state index in [0.717, 1.165) is 12.8 Å². The Labute approximate surface area is 175 Å². The first-order chi connectivity index (χ1) is 14.2. The fraction of sp³-hybridized carbons (Fsp3) is 0.524. The summed E-state index contributed by atoms with van der Waals surface area (Å²) < 4.78 is 20.8. The number of piperidine rings is 1. The highest BCUT2D eigenvalue weighted by atomic mass is 19.1. The molecule has 3 rings (SSSR count). The first kappa shape index (κ1) is 21.7. The molecule has 0 saturated carbocycles. The average molecular weight is 417 g/mol. The zero-order valence-corrected chi connectivity index (χ0v) is 17.6. The van der Waals surface area contributed by atoms with Crippen molar-refractivity contribution in [2.45, 2.75) is 52.3 Å². The van der Waals surface area contributed by atoms with Gasteiger partial charge in [-0.05, 0) is 51.7 Å². The number of hydrogen-bond acceptors (Lipinski definition) is 5. The van der Waals surface area contributed by atoms with Crippen LogP contribution in [0.5, 0.6) is 0 Å². The van der Waals surface area contributed by atoms with Crippen LogP contribution < -0.4 is 5.32 Å². The smallest absolute Gasteiger partial charge is 0.410 e. The fourth-order valence-corrected chi connectivity index (χ4v) is 3.37. The molecular weight excluding hydrogens is 389 g/mol. The zero-order valence-electron chi connectivity index (χ0n) is 17.6. The largest absolute Gasteiger partial charge is 0.444 e. The van der Waals surface area contributed by atoms with Crippen molar-refractivity contribution in [3.8, 4) is 0 Å². The second-order valence-electron chi connectivity index (χ2n) is 8.50. The van der Waals surface area contributed by atoms with E-state index in [2.05, 4.69) is 15.4 Å². The van der Waals surface area contributed by atoms with Crippen LogP contribution in [-0.2, 0) is 17.8 Å². The van der Waals surface area contributed by atoms with E-state index in [9.17, 15) is 14.0 Å². The molecule has 162 valence electrons. The molecular formula is C21H28FN5O3. The number of carbonyl (C=O) groups is 2. The summed E-state index contributed by atoms with van der Waals surface area (Å²) in [5.41, 5.74) is 0.0562. The molecule has 1 aliphatic heterocycles. The van der Waals surface area contributed by atoms with E-state index in [0.29, 0.717) is 25.2 Å². The normalized spacial score (nSPS) is 16.9. The first-order valence-corrected chi connectivity index (χ1v) is 10.1. The van der Waals surface area contributed by atoms with Crippen molar-refractivity contribution in [3.63, 3.8) is 0 Å². The number of halogens is 1. The lowest BCUT2D eigenvalue weighted by Crippen LogP contribution is -2.43. The average Bonchev–Trinajstić information content (AvgIpc) is 3.14. The molecule has 8 nitrogen and oxygen atoms in total. The minimum atomic E-state index is -0.521. The van der Waals surface area contributed by atoms with Crippen molar-refractivity contribution in [1.29, 1.82) is 0 Å². The van der Waals surface area contributed by atoms with Gasteiger partial charge < -0.3 is 15.0 Å². The Balaban J connectivity index is 1.52. The monoisotopic (exact) mass is 417 g/mol. The number of pyridine rings is 1. The molecule has 1 aliphatic rings. The first-order valence-electron chi connectivity index (χ1n) is 10.1. The Morgan fingerprint density at radius 2 is 2.17 bits per heavy atom. The topological polar surface area (TPSA) is 89.4 Å². The summed E-state index contributed by atoms with van der Waals surface area (Å²) in [7, 11) is 0. The molecule has 30 heavy (non-hydrogen) atoms. The summed E-state index contributed by atoms with van der Waals surface area (Å²) in [4.78, 5) is 30.3. The quantitative estimate of drug-likeness (QED) is 0.808. The third-order valence-corrected chi connectivity index (χ3v) is 4.76. The Morgan fingerprint density at radius 1 is 1.37 bits per heavy atom. The summed E-state index contributed by atoms with van der Waals surface area (Å²) in [5.74, 6) is -0.574. The molecule has 1 fully saturated rings. The highest BCUT2D eigenvalue weighted by Crippen LogP contribution is 2.20. The highest BCUT2D eigenvalue weighted by molar-refractivity contribution is 5.93. The van der Waals surface area contributed by atoms with Crippen LogP contribution in [-0.4, -0.2) is 50.4 Å². The standard InChI is InChI=1S/C21H28FN5O3/c1-21(2,3)30-20(29)26-9-5-6-15(12-26)13-27-14-16(10-25-27)19(28)24-11-18-17(22)7-4-8-23-18/h4,7-8,10,14-15H,5-6,9,11-13H2,1-3H3,(H,24,28). The predicted molar refractivity (Wildman–Crippen MR) is 108 cm³/mol. The van der Waals surface area contributed by atoms with Gasteiger partial charge in [0, 0.05) is 32.0 Å². The van der Waals surface area contributed by atoms with Crippen LogP contribution in [0.15, 0.2) is 30.7 Å². The predicted octanol–water partition coefficient (Wildman–Crippen LogP) is 2.99. The van der Waals surface area contributed by atoms with Gasteiger partial charge in [0.05, 0.1) is 24.0 Å². The Morgan fingerprint density at radius 3 is 2.90 bits per heavy atom. The number of nitrogens with one attached hydrogen (secondary N) is 1. The summed E-state index contributed by atoms with van der Waals surface area (Å²) in [5, 5.41) is 6.92. The molecule has 2 aromatic rings. The Kier molecular flexibility index (Phi) is 6.69. The number of likely N-dealkylation sites (tertiary alicyclic amines) is 1. The van der Waals surface area contributed by atoms with Crippen LogP contribution in [0.2, 0.25) is 0 Å². The summed E-state index contributed by atoms with van der Waals surface area (Å²) in [6.45, 7) is 7.43. The molecule has 1 atom stereocenters. The van der Waals surface area contributed by atoms with Crippen LogP contribution in [0.1, 0.15) is 49.7 Å². The number of amides is 2. The van der Waals surface area contributed by atoms with E-state index >= 15 is 0 Å². The van der Waals surface area contributed by atoms with Crippen LogP contribution in [0.25, 0.3) is 0 Å². The molecule has 2 amide bonds. The number of hydrogen-bond donors (Lipinski definition) is 1. The second kappa shape index (κ2) is 9.23. The van der Waals surface area contributed by atoms with Gasteiger partial charge in [0.15, 0.2) is 0 Å². The Hall–Kier alpha value is -2.97. The Bertz CT molecular complexity index is 893. The van der Waals surface area contributed by atoms with Crippen LogP contribution in [0.4, 0.5) is 9.18 Å². The maximum absolute atomic E-state index is 13.6. The lowest BCUT2D eigenvalue weighted by molar-refractivity contribution is 0.0155. The third kappa shape index (κ3) is 6.01. The third-order valence-electron chi connectivity index (χ3n) is 4.76. The van der Waals surface area contributed by atoms with Gasteiger partial charge in [-0.3, -0.25) is 14.5 Å². The van der Waals surface area contributed by atoms with Gasteiger partial charge in [-0.15, -0.1) is 0 Å². The summed E-state index contributed by atoms with van der Waals surface area (Å²) in [6, 6.07) is 2.80. The van der Waals surface area contributed by atoms with Gasteiger partial charge in [0.1, 0.15) is 11.4 Å². The molecule has 0 aromatic carbocycles. The van der Waals surface area contributed by atoms with Crippen molar-refractivity contribution >= 4 is 12.0 Å². The van der Waals surface area contributed by atoms with E-state index < -0.39 is 11.4 Å². The van der Waals surface area contributed by atoms with Gasteiger partial charge in [-0.2, -0.15) is 5.10 Å². The second-order valence-corrected chi connectivity index (χ2v) is 8.50. The number of aromatic nitrogens is 3. The molecule has 0 aliphatic carbocycles. The number of rotatable bonds is 5. The van der Waals surface area contributed by atoms with E-state index in [1.807, 2.05) is 20.8 Å². The maximum Gasteiger partial charge on any atom is 0.410 e. The van der Waals surface area contributed by atoms with E-state index in [4.69, 9.17) is 4.74 Å². The summed E-state index contributed by atoms with van der Waals surface area (Å²) >= 11 is 0.